The van der Waals surface area contributed by atoms with E-state index in [1.54, 1.807) is 0 Å². The lowest BCUT2D eigenvalue weighted by Gasteiger charge is -2.22. The van der Waals surface area contributed by atoms with E-state index in [4.69, 9.17) is 0 Å². The van der Waals surface area contributed by atoms with Crippen molar-refractivity contribution in [3.8, 4) is 44.5 Å². The van der Waals surface area contributed by atoms with Crippen LogP contribution >= 0.6 is 0 Å². The Kier molecular flexibility index (Phi) is 6.32. The van der Waals surface area contributed by atoms with Crippen molar-refractivity contribution >= 4 is 64.6 Å². The highest BCUT2D eigenvalue weighted by Gasteiger charge is 2.21. The second-order valence-electron chi connectivity index (χ2n) is 13.9. The standard InChI is InChI=1S/C51H31N/c1-4-11-35-26-38(18-15-32(35)8-1)46-29-47(39-19-16-33-9-2-5-12-36(33)27-39)43-23-24-45-49(41-14-7-25-52-31-41)30-48(44-22-21-42(46)50(43)51(44)45)40-20-17-34-10-3-6-13-37(34)28-40/h1-31H. The molecule has 1 heteroatoms. The lowest BCUT2D eigenvalue weighted by molar-refractivity contribution is 1.33. The second kappa shape index (κ2) is 11.3. The zero-order valence-corrected chi connectivity index (χ0v) is 28.3. The first kappa shape index (κ1) is 29.0. The van der Waals surface area contributed by atoms with Crippen LogP contribution in [0, 0.1) is 0 Å². The molecule has 1 heterocycles. The summed E-state index contributed by atoms with van der Waals surface area (Å²) in [5.41, 5.74) is 9.70. The summed E-state index contributed by atoms with van der Waals surface area (Å²) in [4.78, 5) is 4.57. The number of rotatable bonds is 4. The zero-order valence-electron chi connectivity index (χ0n) is 28.3. The Labute approximate surface area is 301 Å². The van der Waals surface area contributed by atoms with E-state index in [0.29, 0.717) is 0 Å². The first-order valence-electron chi connectivity index (χ1n) is 17.9. The monoisotopic (exact) mass is 657 g/mol. The van der Waals surface area contributed by atoms with Gasteiger partial charge in [0.1, 0.15) is 0 Å². The van der Waals surface area contributed by atoms with Crippen LogP contribution in [-0.4, -0.2) is 4.98 Å². The van der Waals surface area contributed by atoms with Crippen LogP contribution in [-0.2, 0) is 0 Å². The molecule has 0 radical (unpaired) electrons. The molecule has 0 saturated heterocycles. The van der Waals surface area contributed by atoms with Crippen molar-refractivity contribution in [1.29, 1.82) is 0 Å². The van der Waals surface area contributed by atoms with Crippen molar-refractivity contribution in [2.24, 2.45) is 0 Å². The van der Waals surface area contributed by atoms with Crippen LogP contribution < -0.4 is 0 Å². The summed E-state index contributed by atoms with van der Waals surface area (Å²) in [7, 11) is 0. The van der Waals surface area contributed by atoms with Crippen LogP contribution in [0.1, 0.15) is 0 Å². The molecule has 11 aromatic rings. The smallest absolute Gasteiger partial charge is 0.0346 e. The van der Waals surface area contributed by atoms with Gasteiger partial charge < -0.3 is 0 Å². The lowest BCUT2D eigenvalue weighted by atomic mass is 9.81. The summed E-state index contributed by atoms with van der Waals surface area (Å²) >= 11 is 0. The second-order valence-corrected chi connectivity index (χ2v) is 13.9. The maximum Gasteiger partial charge on any atom is 0.0346 e. The first-order chi connectivity index (χ1) is 25.8. The predicted molar refractivity (Wildman–Crippen MR) is 222 cm³/mol. The average molecular weight is 658 g/mol. The van der Waals surface area contributed by atoms with Crippen molar-refractivity contribution in [1.82, 2.24) is 4.98 Å². The van der Waals surface area contributed by atoms with Crippen LogP contribution in [0.3, 0.4) is 0 Å². The van der Waals surface area contributed by atoms with Gasteiger partial charge in [-0.3, -0.25) is 4.98 Å². The van der Waals surface area contributed by atoms with Gasteiger partial charge in [-0.15, -0.1) is 0 Å². The van der Waals surface area contributed by atoms with E-state index in [1.165, 1.54) is 104 Å². The van der Waals surface area contributed by atoms with Crippen molar-refractivity contribution in [2.75, 3.05) is 0 Å². The highest BCUT2D eigenvalue weighted by atomic mass is 14.6. The summed E-state index contributed by atoms with van der Waals surface area (Å²) in [5, 5.41) is 15.1. The van der Waals surface area contributed by atoms with Gasteiger partial charge in [-0.1, -0.05) is 140 Å². The van der Waals surface area contributed by atoms with E-state index in [9.17, 15) is 0 Å². The topological polar surface area (TPSA) is 12.9 Å². The molecule has 0 aliphatic heterocycles. The molecule has 10 aromatic carbocycles. The predicted octanol–water partition coefficient (Wildman–Crippen LogP) is 14.1. The third-order valence-corrected chi connectivity index (χ3v) is 11.1. The van der Waals surface area contributed by atoms with E-state index in [1.807, 2.05) is 18.5 Å². The van der Waals surface area contributed by atoms with Crippen molar-refractivity contribution in [3.63, 3.8) is 0 Å². The molecule has 0 atom stereocenters. The van der Waals surface area contributed by atoms with E-state index < -0.39 is 0 Å². The fourth-order valence-electron chi connectivity index (χ4n) is 8.54. The fourth-order valence-corrected chi connectivity index (χ4v) is 8.54. The van der Waals surface area contributed by atoms with E-state index >= 15 is 0 Å². The fraction of sp³-hybridized carbons (Fsp3) is 0. The van der Waals surface area contributed by atoms with Crippen LogP contribution in [0.15, 0.2) is 188 Å². The molecule has 0 fully saturated rings. The Hall–Kier alpha value is -6.83. The molecule has 0 unspecified atom stereocenters. The van der Waals surface area contributed by atoms with Crippen LogP contribution in [0.25, 0.3) is 109 Å². The zero-order chi connectivity index (χ0) is 34.2. The van der Waals surface area contributed by atoms with Gasteiger partial charge in [0.05, 0.1) is 0 Å². The van der Waals surface area contributed by atoms with Crippen molar-refractivity contribution < 1.29 is 0 Å². The third-order valence-electron chi connectivity index (χ3n) is 11.1. The van der Waals surface area contributed by atoms with Crippen molar-refractivity contribution in [2.45, 2.75) is 0 Å². The molecule has 0 N–H and O–H groups in total. The Morgan fingerprint density at radius 1 is 0.269 bits per heavy atom. The number of benzene rings is 10. The molecule has 11 rings (SSSR count). The largest absolute Gasteiger partial charge is 0.264 e. The Bertz CT molecular complexity index is 3070. The summed E-state index contributed by atoms with van der Waals surface area (Å²) < 4.78 is 0. The van der Waals surface area contributed by atoms with Gasteiger partial charge in [-0.2, -0.15) is 0 Å². The first-order valence-corrected chi connectivity index (χ1v) is 17.9. The summed E-state index contributed by atoms with van der Waals surface area (Å²) in [6.45, 7) is 0. The SMILES string of the molecule is c1cncc(-c2cc(-c3ccc4ccccc4c3)c3ccc4c(-c5ccc6ccccc6c5)cc(-c5ccc6ccccc6c5)c5ccc2c3c54)c1. The van der Waals surface area contributed by atoms with Crippen LogP contribution in [0.5, 0.6) is 0 Å². The minimum Gasteiger partial charge on any atom is -0.264 e. The maximum atomic E-state index is 4.57. The minimum absolute atomic E-state index is 1.12. The van der Waals surface area contributed by atoms with Gasteiger partial charge in [0.15, 0.2) is 0 Å². The van der Waals surface area contributed by atoms with E-state index in [2.05, 4.69) is 175 Å². The molecule has 0 saturated carbocycles. The Balaban J connectivity index is 1.30. The average Bonchev–Trinajstić information content (AvgIpc) is 3.22. The van der Waals surface area contributed by atoms with Gasteiger partial charge in [-0.25, -0.2) is 0 Å². The van der Waals surface area contributed by atoms with Gasteiger partial charge in [0.2, 0.25) is 0 Å². The molecule has 0 amide bonds. The lowest BCUT2D eigenvalue weighted by Crippen LogP contribution is -1.94. The molecule has 0 aliphatic carbocycles. The summed E-state index contributed by atoms with van der Waals surface area (Å²) in [6, 6.07) is 65.1. The number of aromatic nitrogens is 1. The number of fused-ring (bicyclic) bond motifs is 3. The minimum atomic E-state index is 1.12. The highest BCUT2D eigenvalue weighted by Crippen LogP contribution is 2.49. The molecule has 0 spiro atoms. The molecular formula is C51H31N. The van der Waals surface area contributed by atoms with Crippen molar-refractivity contribution in [3.05, 3.63) is 188 Å². The number of hydrogen-bond donors (Lipinski definition) is 0. The third kappa shape index (κ3) is 4.46. The van der Waals surface area contributed by atoms with Gasteiger partial charge in [-0.05, 0) is 140 Å². The van der Waals surface area contributed by atoms with Crippen LogP contribution in [0.4, 0.5) is 0 Å². The molecule has 0 aliphatic rings. The quantitative estimate of drug-likeness (QED) is 0.172. The number of nitrogens with zero attached hydrogens (tertiary/aromatic N) is 1. The molecule has 1 aromatic heterocycles. The summed E-state index contributed by atoms with van der Waals surface area (Å²) in [5.74, 6) is 0. The van der Waals surface area contributed by atoms with Gasteiger partial charge >= 0.3 is 0 Å². The molecule has 240 valence electrons. The molecule has 52 heavy (non-hydrogen) atoms. The van der Waals surface area contributed by atoms with E-state index in [0.717, 1.165) is 5.56 Å². The summed E-state index contributed by atoms with van der Waals surface area (Å²) in [6.07, 6.45) is 3.85. The van der Waals surface area contributed by atoms with Gasteiger partial charge in [0, 0.05) is 18.0 Å². The Morgan fingerprint density at radius 3 is 1.00 bits per heavy atom. The number of pyridine rings is 1. The van der Waals surface area contributed by atoms with Crippen LogP contribution in [0.2, 0.25) is 0 Å². The normalized spacial score (nSPS) is 11.8. The highest BCUT2D eigenvalue weighted by molar-refractivity contribution is 6.32. The van der Waals surface area contributed by atoms with Gasteiger partial charge in [0.25, 0.3) is 0 Å². The molecular weight excluding hydrogens is 627 g/mol. The molecule has 1 nitrogen and oxygen atoms in total. The molecule has 0 bridgehead atoms. The van der Waals surface area contributed by atoms with E-state index in [-0.39, 0.29) is 0 Å². The Morgan fingerprint density at radius 2 is 0.635 bits per heavy atom. The maximum absolute atomic E-state index is 4.57. The number of hydrogen-bond acceptors (Lipinski definition) is 1.